The fraction of sp³-hybridized carbons (Fsp3) is 0.471. The van der Waals surface area contributed by atoms with Gasteiger partial charge in [0, 0.05) is 18.8 Å². The Hall–Kier alpha value is -1.61. The van der Waals surface area contributed by atoms with Crippen molar-refractivity contribution >= 4 is 0 Å². The molecule has 1 unspecified atom stereocenters. The molecule has 0 fully saturated rings. The molecule has 0 bridgehead atoms. The number of nitrogens with two attached hydrogens (primary N) is 1. The van der Waals surface area contributed by atoms with Gasteiger partial charge < -0.3 is 5.73 Å². The van der Waals surface area contributed by atoms with Crippen LogP contribution < -0.4 is 5.73 Å². The molecule has 0 saturated carbocycles. The quantitative estimate of drug-likeness (QED) is 0.929. The maximum Gasteiger partial charge on any atom is 0.0628 e. The highest BCUT2D eigenvalue weighted by molar-refractivity contribution is 5.32. The largest absolute Gasteiger partial charge is 0.327 e. The number of hydrogen-bond acceptors (Lipinski definition) is 2. The molecule has 2 rings (SSSR count). The zero-order valence-corrected chi connectivity index (χ0v) is 13.2. The van der Waals surface area contributed by atoms with Crippen LogP contribution in [0.4, 0.5) is 0 Å². The highest BCUT2D eigenvalue weighted by Crippen LogP contribution is 2.17. The normalized spacial score (nSPS) is 12.7. The van der Waals surface area contributed by atoms with Crippen LogP contribution in [0.2, 0.25) is 0 Å². The van der Waals surface area contributed by atoms with Crippen LogP contribution in [0, 0.1) is 27.7 Å². The van der Waals surface area contributed by atoms with Crippen LogP contribution in [-0.2, 0) is 19.9 Å². The number of benzene rings is 1. The number of nitrogens with zero attached hydrogens (tertiary/aromatic N) is 2. The lowest BCUT2D eigenvalue weighted by Gasteiger charge is -2.14. The van der Waals surface area contributed by atoms with E-state index in [9.17, 15) is 0 Å². The van der Waals surface area contributed by atoms with E-state index < -0.39 is 0 Å². The van der Waals surface area contributed by atoms with Gasteiger partial charge in [0.1, 0.15) is 0 Å². The third kappa shape index (κ3) is 3.10. The first kappa shape index (κ1) is 14.8. The molecule has 0 aliphatic heterocycles. The molecule has 1 atom stereocenters. The first-order valence-electron chi connectivity index (χ1n) is 7.19. The summed E-state index contributed by atoms with van der Waals surface area (Å²) < 4.78 is 1.94. The minimum atomic E-state index is 0.136. The van der Waals surface area contributed by atoms with Gasteiger partial charge in [-0.15, -0.1) is 0 Å². The van der Waals surface area contributed by atoms with Crippen molar-refractivity contribution in [3.8, 4) is 0 Å². The van der Waals surface area contributed by atoms with Gasteiger partial charge in [-0.2, -0.15) is 5.10 Å². The molecule has 0 saturated heterocycles. The van der Waals surface area contributed by atoms with Gasteiger partial charge in [-0.1, -0.05) is 23.8 Å². The summed E-state index contributed by atoms with van der Waals surface area (Å²) in [6.45, 7) is 8.46. The van der Waals surface area contributed by atoms with Crippen molar-refractivity contribution < 1.29 is 0 Å². The van der Waals surface area contributed by atoms with Gasteiger partial charge in [0.05, 0.1) is 5.69 Å². The van der Waals surface area contributed by atoms with E-state index in [-0.39, 0.29) is 6.04 Å². The van der Waals surface area contributed by atoms with Crippen molar-refractivity contribution in [2.45, 2.75) is 46.6 Å². The highest BCUT2D eigenvalue weighted by Gasteiger charge is 2.14. The molecule has 0 radical (unpaired) electrons. The van der Waals surface area contributed by atoms with E-state index in [2.05, 4.69) is 51.0 Å². The Morgan fingerprint density at radius 3 is 2.45 bits per heavy atom. The second-order valence-electron chi connectivity index (χ2n) is 5.87. The van der Waals surface area contributed by atoms with Crippen molar-refractivity contribution in [1.82, 2.24) is 9.78 Å². The van der Waals surface area contributed by atoms with Gasteiger partial charge in [0.25, 0.3) is 0 Å². The van der Waals surface area contributed by atoms with E-state index in [1.54, 1.807) is 0 Å². The van der Waals surface area contributed by atoms with E-state index >= 15 is 0 Å². The van der Waals surface area contributed by atoms with E-state index in [1.165, 1.54) is 27.9 Å². The van der Waals surface area contributed by atoms with Crippen molar-refractivity contribution in [1.29, 1.82) is 0 Å². The molecule has 1 heterocycles. The predicted molar refractivity (Wildman–Crippen MR) is 84.0 cm³/mol. The fourth-order valence-corrected chi connectivity index (χ4v) is 2.75. The van der Waals surface area contributed by atoms with E-state index in [1.807, 2.05) is 11.7 Å². The lowest BCUT2D eigenvalue weighted by molar-refractivity contribution is 0.656. The maximum absolute atomic E-state index is 6.37. The SMILES string of the molecule is Cc1ccc(C)c(CC(N)Cc2c(C)nn(C)c2C)c1. The number of aryl methyl sites for hydroxylation is 4. The summed E-state index contributed by atoms with van der Waals surface area (Å²) in [6.07, 6.45) is 1.81. The maximum atomic E-state index is 6.37. The highest BCUT2D eigenvalue weighted by atomic mass is 15.3. The van der Waals surface area contributed by atoms with E-state index in [0.29, 0.717) is 0 Å². The molecule has 0 amide bonds. The van der Waals surface area contributed by atoms with Gasteiger partial charge in [-0.25, -0.2) is 0 Å². The second kappa shape index (κ2) is 5.80. The van der Waals surface area contributed by atoms with E-state index in [4.69, 9.17) is 5.73 Å². The molecule has 2 N–H and O–H groups in total. The summed E-state index contributed by atoms with van der Waals surface area (Å²) in [4.78, 5) is 0. The Kier molecular flexibility index (Phi) is 4.29. The average molecular weight is 271 g/mol. The van der Waals surface area contributed by atoms with Crippen LogP contribution in [0.15, 0.2) is 18.2 Å². The Bertz CT molecular complexity index is 611. The molecule has 1 aromatic heterocycles. The molecule has 1 aromatic carbocycles. The first-order valence-corrected chi connectivity index (χ1v) is 7.19. The minimum Gasteiger partial charge on any atom is -0.327 e. The Labute approximate surface area is 121 Å². The molecule has 3 heteroatoms. The van der Waals surface area contributed by atoms with Crippen LogP contribution in [0.1, 0.15) is 33.6 Å². The molecule has 0 aliphatic carbocycles. The second-order valence-corrected chi connectivity index (χ2v) is 5.87. The molecule has 108 valence electrons. The number of aromatic nitrogens is 2. The molecule has 20 heavy (non-hydrogen) atoms. The van der Waals surface area contributed by atoms with Gasteiger partial charge in [-0.05, 0) is 57.2 Å². The monoisotopic (exact) mass is 271 g/mol. The topological polar surface area (TPSA) is 43.8 Å². The predicted octanol–water partition coefficient (Wildman–Crippen LogP) is 2.77. The molecular weight excluding hydrogens is 246 g/mol. The summed E-state index contributed by atoms with van der Waals surface area (Å²) >= 11 is 0. The Morgan fingerprint density at radius 1 is 1.15 bits per heavy atom. The van der Waals surface area contributed by atoms with Crippen LogP contribution in [-0.4, -0.2) is 15.8 Å². The van der Waals surface area contributed by atoms with Crippen molar-refractivity contribution in [3.05, 3.63) is 51.8 Å². The van der Waals surface area contributed by atoms with Crippen LogP contribution >= 0.6 is 0 Å². The number of rotatable bonds is 4. The van der Waals surface area contributed by atoms with Gasteiger partial charge in [-0.3, -0.25) is 4.68 Å². The molecule has 3 nitrogen and oxygen atoms in total. The first-order chi connectivity index (χ1) is 9.38. The van der Waals surface area contributed by atoms with Gasteiger partial charge >= 0.3 is 0 Å². The van der Waals surface area contributed by atoms with Crippen molar-refractivity contribution in [2.24, 2.45) is 12.8 Å². The smallest absolute Gasteiger partial charge is 0.0628 e. The molecular formula is C17H25N3. The zero-order chi connectivity index (χ0) is 14.9. The van der Waals surface area contributed by atoms with E-state index in [0.717, 1.165) is 18.5 Å². The molecule has 0 aliphatic rings. The fourth-order valence-electron chi connectivity index (χ4n) is 2.75. The summed E-state index contributed by atoms with van der Waals surface area (Å²) in [5.74, 6) is 0. The summed E-state index contributed by atoms with van der Waals surface area (Å²) in [5, 5.41) is 4.46. The third-order valence-corrected chi connectivity index (χ3v) is 4.11. The zero-order valence-electron chi connectivity index (χ0n) is 13.2. The molecule has 2 aromatic rings. The van der Waals surface area contributed by atoms with Crippen molar-refractivity contribution in [2.75, 3.05) is 0 Å². The summed E-state index contributed by atoms with van der Waals surface area (Å²) in [5.41, 5.74) is 14.0. The molecule has 0 spiro atoms. The summed E-state index contributed by atoms with van der Waals surface area (Å²) in [6, 6.07) is 6.72. The minimum absolute atomic E-state index is 0.136. The van der Waals surface area contributed by atoms with Crippen LogP contribution in [0.25, 0.3) is 0 Å². The van der Waals surface area contributed by atoms with Crippen LogP contribution in [0.5, 0.6) is 0 Å². The third-order valence-electron chi connectivity index (χ3n) is 4.11. The van der Waals surface area contributed by atoms with Crippen LogP contribution in [0.3, 0.4) is 0 Å². The average Bonchev–Trinajstić information content (AvgIpc) is 2.61. The summed E-state index contributed by atoms with van der Waals surface area (Å²) in [7, 11) is 1.99. The standard InChI is InChI=1S/C17H25N3/c1-11-6-7-12(2)15(8-11)9-16(18)10-17-13(3)19-20(5)14(17)4/h6-8,16H,9-10,18H2,1-5H3. The Balaban J connectivity index is 2.13. The van der Waals surface area contributed by atoms with Crippen molar-refractivity contribution in [3.63, 3.8) is 0 Å². The number of hydrogen-bond donors (Lipinski definition) is 1. The lowest BCUT2D eigenvalue weighted by Crippen LogP contribution is -2.26. The lowest BCUT2D eigenvalue weighted by atomic mass is 9.95. The van der Waals surface area contributed by atoms with Gasteiger partial charge in [0.2, 0.25) is 0 Å². The Morgan fingerprint density at radius 2 is 1.85 bits per heavy atom. The van der Waals surface area contributed by atoms with Gasteiger partial charge in [0.15, 0.2) is 0 Å².